The van der Waals surface area contributed by atoms with E-state index in [1.807, 2.05) is 53.4 Å². The highest BCUT2D eigenvalue weighted by Crippen LogP contribution is 2.26. The summed E-state index contributed by atoms with van der Waals surface area (Å²) in [5.41, 5.74) is 3.11. The molecule has 0 spiro atoms. The van der Waals surface area contributed by atoms with E-state index in [1.54, 1.807) is 0 Å². The van der Waals surface area contributed by atoms with E-state index in [2.05, 4.69) is 22.9 Å². The highest BCUT2D eigenvalue weighted by Gasteiger charge is 2.32. The van der Waals surface area contributed by atoms with Crippen LogP contribution in [-0.2, 0) is 0 Å². The fourth-order valence-electron chi connectivity index (χ4n) is 4.25. The molecule has 2 aliphatic rings. The molecule has 0 radical (unpaired) electrons. The quantitative estimate of drug-likeness (QED) is 0.829. The third kappa shape index (κ3) is 3.80. The van der Waals surface area contributed by atoms with Crippen molar-refractivity contribution in [3.05, 3.63) is 59.7 Å². The maximum absolute atomic E-state index is 13.1. The van der Waals surface area contributed by atoms with E-state index in [1.165, 1.54) is 0 Å². The van der Waals surface area contributed by atoms with Gasteiger partial charge in [-0.3, -0.25) is 9.69 Å². The molecular weight excluding hydrogens is 348 g/mol. The number of carbonyl (C=O) groups is 1. The average molecular weight is 374 g/mol. The standard InChI is InChI=1S/C23H26N4O/c1-25-11-13-26(14-12-25)21-9-10-27(17-21)23(28)19-7-4-6-18(15-19)22-8-3-2-5-20(22)16-24/h2-8,15,21H,9-14,17H2,1H3/t21-/m1/s1. The summed E-state index contributed by atoms with van der Waals surface area (Å²) in [6, 6.07) is 17.9. The summed E-state index contributed by atoms with van der Waals surface area (Å²) in [5, 5.41) is 9.37. The predicted molar refractivity (Wildman–Crippen MR) is 110 cm³/mol. The van der Waals surface area contributed by atoms with E-state index < -0.39 is 0 Å². The topological polar surface area (TPSA) is 50.6 Å². The second-order valence-electron chi connectivity index (χ2n) is 7.77. The van der Waals surface area contributed by atoms with Gasteiger partial charge in [0.1, 0.15) is 0 Å². The van der Waals surface area contributed by atoms with Gasteiger partial charge in [0.05, 0.1) is 11.6 Å². The summed E-state index contributed by atoms with van der Waals surface area (Å²) < 4.78 is 0. The van der Waals surface area contributed by atoms with Crippen molar-refractivity contribution in [3.8, 4) is 17.2 Å². The first-order valence-corrected chi connectivity index (χ1v) is 9.97. The van der Waals surface area contributed by atoms with Crippen molar-refractivity contribution < 1.29 is 4.79 Å². The van der Waals surface area contributed by atoms with Gasteiger partial charge in [-0.25, -0.2) is 0 Å². The molecule has 2 fully saturated rings. The summed E-state index contributed by atoms with van der Waals surface area (Å²) in [5.74, 6) is 0.0907. The largest absolute Gasteiger partial charge is 0.337 e. The Labute approximate surface area is 166 Å². The van der Waals surface area contributed by atoms with Crippen LogP contribution in [-0.4, -0.2) is 73.0 Å². The molecule has 1 amide bonds. The lowest BCUT2D eigenvalue weighted by Crippen LogP contribution is -2.50. The number of carbonyl (C=O) groups excluding carboxylic acids is 1. The number of hydrogen-bond acceptors (Lipinski definition) is 4. The van der Waals surface area contributed by atoms with Gasteiger partial charge in [-0.2, -0.15) is 5.26 Å². The Kier molecular flexibility index (Phi) is 5.43. The minimum absolute atomic E-state index is 0.0907. The second-order valence-corrected chi connectivity index (χ2v) is 7.77. The Morgan fingerprint density at radius 2 is 1.82 bits per heavy atom. The van der Waals surface area contributed by atoms with Crippen LogP contribution in [0.2, 0.25) is 0 Å². The van der Waals surface area contributed by atoms with Crippen LogP contribution in [0.5, 0.6) is 0 Å². The summed E-state index contributed by atoms with van der Waals surface area (Å²) >= 11 is 0. The zero-order valence-corrected chi connectivity index (χ0v) is 16.3. The summed E-state index contributed by atoms with van der Waals surface area (Å²) in [6.45, 7) is 6.00. The molecule has 0 aliphatic carbocycles. The number of nitrogens with zero attached hydrogens (tertiary/aromatic N) is 4. The van der Waals surface area contributed by atoms with Crippen molar-refractivity contribution in [1.29, 1.82) is 5.26 Å². The van der Waals surface area contributed by atoms with E-state index >= 15 is 0 Å². The number of benzene rings is 2. The van der Waals surface area contributed by atoms with Crippen LogP contribution in [0.25, 0.3) is 11.1 Å². The molecule has 28 heavy (non-hydrogen) atoms. The highest BCUT2D eigenvalue weighted by molar-refractivity contribution is 5.96. The first-order valence-electron chi connectivity index (χ1n) is 9.97. The van der Waals surface area contributed by atoms with Crippen LogP contribution >= 0.6 is 0 Å². The van der Waals surface area contributed by atoms with Gasteiger partial charge < -0.3 is 9.80 Å². The van der Waals surface area contributed by atoms with Crippen LogP contribution in [0.15, 0.2) is 48.5 Å². The van der Waals surface area contributed by atoms with Gasteiger partial charge in [-0.1, -0.05) is 30.3 Å². The Bertz CT molecular complexity index is 895. The zero-order chi connectivity index (χ0) is 19.5. The SMILES string of the molecule is CN1CCN([C@@H]2CCN(C(=O)c3cccc(-c4ccccc4C#N)c3)C2)CC1. The van der Waals surface area contributed by atoms with Crippen LogP contribution < -0.4 is 0 Å². The molecule has 2 heterocycles. The number of likely N-dealkylation sites (tertiary alicyclic amines) is 1. The number of nitriles is 1. The third-order valence-corrected chi connectivity index (χ3v) is 5.97. The van der Waals surface area contributed by atoms with Gasteiger partial charge in [0.2, 0.25) is 0 Å². The normalized spacial score (nSPS) is 20.9. The van der Waals surface area contributed by atoms with Gasteiger partial charge in [0.25, 0.3) is 5.91 Å². The van der Waals surface area contributed by atoms with E-state index in [-0.39, 0.29) is 5.91 Å². The Morgan fingerprint density at radius 3 is 2.61 bits per heavy atom. The van der Waals surface area contributed by atoms with Gasteiger partial charge >= 0.3 is 0 Å². The summed E-state index contributed by atoms with van der Waals surface area (Å²) in [7, 11) is 2.17. The summed E-state index contributed by atoms with van der Waals surface area (Å²) in [6.07, 6.45) is 1.05. The van der Waals surface area contributed by atoms with E-state index in [0.717, 1.165) is 56.8 Å². The number of hydrogen-bond donors (Lipinski definition) is 0. The number of piperazine rings is 1. The maximum Gasteiger partial charge on any atom is 0.253 e. The van der Waals surface area contributed by atoms with Crippen molar-refractivity contribution in [1.82, 2.24) is 14.7 Å². The Morgan fingerprint density at radius 1 is 1.04 bits per heavy atom. The summed E-state index contributed by atoms with van der Waals surface area (Å²) in [4.78, 5) is 20.0. The molecule has 2 aromatic rings. The monoisotopic (exact) mass is 374 g/mol. The number of amides is 1. The van der Waals surface area contributed by atoms with Crippen molar-refractivity contribution >= 4 is 5.91 Å². The molecule has 0 bridgehead atoms. The molecule has 0 unspecified atom stereocenters. The van der Waals surface area contributed by atoms with Crippen molar-refractivity contribution in [2.45, 2.75) is 12.5 Å². The predicted octanol–water partition coefficient (Wildman–Crippen LogP) is 2.69. The minimum atomic E-state index is 0.0907. The molecule has 0 aromatic heterocycles. The Hall–Kier alpha value is -2.68. The van der Waals surface area contributed by atoms with Crippen LogP contribution in [0.3, 0.4) is 0 Å². The number of rotatable bonds is 3. The fraction of sp³-hybridized carbons (Fsp3) is 0.391. The molecule has 0 N–H and O–H groups in total. The van der Waals surface area contributed by atoms with Gasteiger partial charge in [-0.05, 0) is 42.8 Å². The van der Waals surface area contributed by atoms with Crippen LogP contribution in [0.1, 0.15) is 22.3 Å². The van der Waals surface area contributed by atoms with E-state index in [9.17, 15) is 10.1 Å². The molecule has 144 valence electrons. The van der Waals surface area contributed by atoms with Crippen LogP contribution in [0.4, 0.5) is 0 Å². The lowest BCUT2D eigenvalue weighted by molar-refractivity contribution is 0.0755. The smallest absolute Gasteiger partial charge is 0.253 e. The van der Waals surface area contributed by atoms with E-state index in [4.69, 9.17) is 0 Å². The van der Waals surface area contributed by atoms with Crippen LogP contribution in [0, 0.1) is 11.3 Å². The van der Waals surface area contributed by atoms with Crippen molar-refractivity contribution in [2.24, 2.45) is 0 Å². The first kappa shape index (κ1) is 18.7. The molecule has 5 nitrogen and oxygen atoms in total. The first-order chi connectivity index (χ1) is 13.7. The molecule has 5 heteroatoms. The highest BCUT2D eigenvalue weighted by atomic mass is 16.2. The lowest BCUT2D eigenvalue weighted by atomic mass is 9.98. The molecule has 4 rings (SSSR count). The molecule has 0 saturated carbocycles. The number of likely N-dealkylation sites (N-methyl/N-ethyl adjacent to an activating group) is 1. The van der Waals surface area contributed by atoms with Gasteiger partial charge in [0, 0.05) is 50.9 Å². The fourth-order valence-corrected chi connectivity index (χ4v) is 4.25. The van der Waals surface area contributed by atoms with E-state index in [0.29, 0.717) is 17.2 Å². The third-order valence-electron chi connectivity index (χ3n) is 5.97. The molecule has 2 aliphatic heterocycles. The Balaban J connectivity index is 1.48. The van der Waals surface area contributed by atoms with Crippen molar-refractivity contribution in [3.63, 3.8) is 0 Å². The molecular formula is C23H26N4O. The maximum atomic E-state index is 13.1. The lowest BCUT2D eigenvalue weighted by Gasteiger charge is -2.36. The minimum Gasteiger partial charge on any atom is -0.337 e. The van der Waals surface area contributed by atoms with Crippen molar-refractivity contribution in [2.75, 3.05) is 46.3 Å². The molecule has 2 aromatic carbocycles. The van der Waals surface area contributed by atoms with Gasteiger partial charge in [0.15, 0.2) is 0 Å². The second kappa shape index (κ2) is 8.14. The average Bonchev–Trinajstić information content (AvgIpc) is 3.24. The molecule has 2 saturated heterocycles. The zero-order valence-electron chi connectivity index (χ0n) is 16.3. The molecule has 1 atom stereocenters. The van der Waals surface area contributed by atoms with Gasteiger partial charge in [-0.15, -0.1) is 0 Å².